The Balaban J connectivity index is 0.00000220. The predicted molar refractivity (Wildman–Crippen MR) is 82.3 cm³/mol. The molecule has 2 unspecified atom stereocenters. The first-order valence-corrected chi connectivity index (χ1v) is 7.58. The van der Waals surface area contributed by atoms with Gasteiger partial charge in [0.25, 0.3) is 5.91 Å². The van der Waals surface area contributed by atoms with E-state index in [1.54, 1.807) is 4.90 Å². The Labute approximate surface area is 132 Å². The number of nitrogens with zero attached hydrogens (tertiary/aromatic N) is 2. The number of piperazine rings is 1. The molecular formula is C14H26ClN3O3. The quantitative estimate of drug-likeness (QED) is 0.813. The molecular weight excluding hydrogens is 294 g/mol. The summed E-state index contributed by atoms with van der Waals surface area (Å²) in [5.41, 5.74) is 5.86. The zero-order valence-electron chi connectivity index (χ0n) is 12.6. The molecule has 0 radical (unpaired) electrons. The largest absolute Gasteiger partial charge is 0.368 e. The van der Waals surface area contributed by atoms with E-state index in [1.807, 2.05) is 11.8 Å². The van der Waals surface area contributed by atoms with E-state index in [0.29, 0.717) is 39.2 Å². The monoisotopic (exact) mass is 319 g/mol. The summed E-state index contributed by atoms with van der Waals surface area (Å²) in [6, 6.07) is -0.402. The lowest BCUT2D eigenvalue weighted by Gasteiger charge is -2.36. The number of halogens is 1. The van der Waals surface area contributed by atoms with Crippen LogP contribution < -0.4 is 5.73 Å². The molecule has 6 nitrogen and oxygen atoms in total. The second kappa shape index (κ2) is 8.56. The molecule has 2 aliphatic heterocycles. The summed E-state index contributed by atoms with van der Waals surface area (Å²) in [6.07, 6.45) is 3.14. The van der Waals surface area contributed by atoms with Crippen molar-refractivity contribution in [3.8, 4) is 0 Å². The molecule has 122 valence electrons. The smallest absolute Gasteiger partial charge is 0.251 e. The number of rotatable bonds is 4. The van der Waals surface area contributed by atoms with Gasteiger partial charge >= 0.3 is 0 Å². The van der Waals surface area contributed by atoms with Gasteiger partial charge in [0, 0.05) is 32.8 Å². The molecule has 0 saturated carbocycles. The maximum absolute atomic E-state index is 12.2. The maximum Gasteiger partial charge on any atom is 0.251 e. The van der Waals surface area contributed by atoms with Crippen molar-refractivity contribution in [2.24, 2.45) is 5.73 Å². The number of carbonyl (C=O) groups excluding carboxylic acids is 2. The third kappa shape index (κ3) is 4.56. The summed E-state index contributed by atoms with van der Waals surface area (Å²) in [5, 5.41) is 0. The van der Waals surface area contributed by atoms with Gasteiger partial charge in [0.15, 0.2) is 0 Å². The highest BCUT2D eigenvalue weighted by Gasteiger charge is 2.32. The number of hydrogen-bond donors (Lipinski definition) is 1. The van der Waals surface area contributed by atoms with Gasteiger partial charge < -0.3 is 20.3 Å². The molecule has 2 fully saturated rings. The molecule has 2 rings (SSSR count). The summed E-state index contributed by atoms with van der Waals surface area (Å²) >= 11 is 0. The number of carbonyl (C=O) groups is 2. The number of nitrogens with two attached hydrogens (primary N) is 1. The Morgan fingerprint density at radius 3 is 2.38 bits per heavy atom. The third-order valence-electron chi connectivity index (χ3n) is 4.03. The topological polar surface area (TPSA) is 75.9 Å². The van der Waals surface area contributed by atoms with Crippen LogP contribution in [-0.4, -0.2) is 66.5 Å². The number of amides is 2. The molecule has 2 aliphatic rings. The van der Waals surface area contributed by atoms with Gasteiger partial charge in [0.05, 0.1) is 6.04 Å². The Kier molecular flexibility index (Phi) is 7.42. The van der Waals surface area contributed by atoms with E-state index >= 15 is 0 Å². The summed E-state index contributed by atoms with van der Waals surface area (Å²) in [6.45, 7) is 5.03. The minimum absolute atomic E-state index is 0. The molecule has 2 N–H and O–H groups in total. The van der Waals surface area contributed by atoms with Crippen LogP contribution in [0.15, 0.2) is 0 Å². The van der Waals surface area contributed by atoms with Crippen LogP contribution in [0.3, 0.4) is 0 Å². The average molecular weight is 320 g/mol. The molecule has 0 aromatic rings. The molecule has 2 heterocycles. The lowest BCUT2D eigenvalue weighted by atomic mass is 10.1. The minimum atomic E-state index is -0.402. The second-order valence-corrected chi connectivity index (χ2v) is 5.55. The summed E-state index contributed by atoms with van der Waals surface area (Å²) in [7, 11) is 0. The fourth-order valence-corrected chi connectivity index (χ4v) is 2.79. The number of hydrogen-bond acceptors (Lipinski definition) is 4. The Bertz CT molecular complexity index is 353. The van der Waals surface area contributed by atoms with E-state index in [2.05, 4.69) is 0 Å². The van der Waals surface area contributed by atoms with Gasteiger partial charge in [-0.2, -0.15) is 0 Å². The first kappa shape index (κ1) is 18.2. The summed E-state index contributed by atoms with van der Waals surface area (Å²) in [4.78, 5) is 27.9. The molecule has 21 heavy (non-hydrogen) atoms. The molecule has 2 atom stereocenters. The Morgan fingerprint density at radius 2 is 1.86 bits per heavy atom. The van der Waals surface area contributed by atoms with E-state index in [1.165, 1.54) is 0 Å². The SMILES string of the molecule is CCCC(N)C(=O)N1CCN(C(=O)C2CCCO2)CC1.Cl. The molecule has 0 aliphatic carbocycles. The number of ether oxygens (including phenoxy) is 1. The molecule has 0 spiro atoms. The van der Waals surface area contributed by atoms with Crippen LogP contribution >= 0.6 is 12.4 Å². The van der Waals surface area contributed by atoms with Crippen molar-refractivity contribution in [1.82, 2.24) is 9.80 Å². The lowest BCUT2D eigenvalue weighted by Crippen LogP contribution is -2.55. The highest BCUT2D eigenvalue weighted by Crippen LogP contribution is 2.16. The zero-order valence-corrected chi connectivity index (χ0v) is 13.4. The summed E-state index contributed by atoms with van der Waals surface area (Å²) < 4.78 is 5.42. The van der Waals surface area contributed by atoms with Crippen molar-refractivity contribution in [3.05, 3.63) is 0 Å². The van der Waals surface area contributed by atoms with Gasteiger partial charge in [-0.3, -0.25) is 9.59 Å². The zero-order chi connectivity index (χ0) is 14.5. The van der Waals surface area contributed by atoms with Crippen molar-refractivity contribution in [1.29, 1.82) is 0 Å². The minimum Gasteiger partial charge on any atom is -0.368 e. The molecule has 0 bridgehead atoms. The van der Waals surface area contributed by atoms with Crippen LogP contribution in [0.5, 0.6) is 0 Å². The van der Waals surface area contributed by atoms with Gasteiger partial charge in [-0.15, -0.1) is 12.4 Å². The molecule has 7 heteroatoms. The fourth-order valence-electron chi connectivity index (χ4n) is 2.79. The lowest BCUT2D eigenvalue weighted by molar-refractivity contribution is -0.146. The van der Waals surface area contributed by atoms with Crippen molar-refractivity contribution in [3.63, 3.8) is 0 Å². The Hall–Kier alpha value is -0.850. The van der Waals surface area contributed by atoms with Gasteiger partial charge in [-0.05, 0) is 19.3 Å². The molecule has 0 aromatic heterocycles. The summed E-state index contributed by atoms with van der Waals surface area (Å²) in [5.74, 6) is 0.0866. The normalized spacial score (nSPS) is 23.6. The van der Waals surface area contributed by atoms with Crippen LogP contribution in [0.4, 0.5) is 0 Å². The van der Waals surface area contributed by atoms with Crippen LogP contribution in [0.25, 0.3) is 0 Å². The second-order valence-electron chi connectivity index (χ2n) is 5.55. The molecule has 2 saturated heterocycles. The predicted octanol–water partition coefficient (Wildman–Crippen LogP) is 0.385. The van der Waals surface area contributed by atoms with Crippen molar-refractivity contribution in [2.75, 3.05) is 32.8 Å². The maximum atomic E-state index is 12.2. The van der Waals surface area contributed by atoms with Crippen LogP contribution in [0.2, 0.25) is 0 Å². The highest BCUT2D eigenvalue weighted by atomic mass is 35.5. The highest BCUT2D eigenvalue weighted by molar-refractivity contribution is 5.85. The molecule has 2 amide bonds. The first-order valence-electron chi connectivity index (χ1n) is 7.58. The first-order chi connectivity index (χ1) is 9.63. The van der Waals surface area contributed by atoms with E-state index < -0.39 is 6.04 Å². The van der Waals surface area contributed by atoms with Crippen LogP contribution in [-0.2, 0) is 14.3 Å². The molecule has 0 aromatic carbocycles. The Morgan fingerprint density at radius 1 is 1.24 bits per heavy atom. The van der Waals surface area contributed by atoms with E-state index in [9.17, 15) is 9.59 Å². The van der Waals surface area contributed by atoms with E-state index in [0.717, 1.165) is 19.3 Å². The van der Waals surface area contributed by atoms with Crippen LogP contribution in [0.1, 0.15) is 32.6 Å². The van der Waals surface area contributed by atoms with Crippen molar-refractivity contribution >= 4 is 24.2 Å². The van der Waals surface area contributed by atoms with Crippen molar-refractivity contribution < 1.29 is 14.3 Å². The van der Waals surface area contributed by atoms with E-state index in [-0.39, 0.29) is 30.3 Å². The average Bonchev–Trinajstić information content (AvgIpc) is 3.00. The fraction of sp³-hybridized carbons (Fsp3) is 0.857. The standard InChI is InChI=1S/C14H25N3O3.ClH/c1-2-4-11(15)13(18)16-6-8-17(9-7-16)14(19)12-5-3-10-20-12;/h11-12H,2-10,15H2,1H3;1H. The van der Waals surface area contributed by atoms with Gasteiger partial charge in [-0.25, -0.2) is 0 Å². The van der Waals surface area contributed by atoms with Crippen molar-refractivity contribution in [2.45, 2.75) is 44.8 Å². The van der Waals surface area contributed by atoms with Gasteiger partial charge in [0.2, 0.25) is 5.91 Å². The van der Waals surface area contributed by atoms with Crippen LogP contribution in [0, 0.1) is 0 Å². The van der Waals surface area contributed by atoms with Gasteiger partial charge in [0.1, 0.15) is 6.10 Å². The third-order valence-corrected chi connectivity index (χ3v) is 4.03. The van der Waals surface area contributed by atoms with E-state index in [4.69, 9.17) is 10.5 Å². The van der Waals surface area contributed by atoms with Gasteiger partial charge in [-0.1, -0.05) is 13.3 Å².